The third-order valence-electron chi connectivity index (χ3n) is 3.48. The van der Waals surface area contributed by atoms with E-state index in [-0.39, 0.29) is 5.54 Å². The van der Waals surface area contributed by atoms with Crippen molar-refractivity contribution >= 4 is 6.41 Å². The van der Waals surface area contributed by atoms with Crippen molar-refractivity contribution in [2.75, 3.05) is 19.6 Å². The van der Waals surface area contributed by atoms with Gasteiger partial charge in [0.2, 0.25) is 6.41 Å². The van der Waals surface area contributed by atoms with E-state index in [0.29, 0.717) is 0 Å². The van der Waals surface area contributed by atoms with Crippen LogP contribution in [0.25, 0.3) is 0 Å². The number of amides is 1. The highest BCUT2D eigenvalue weighted by atomic mass is 16.1. The van der Waals surface area contributed by atoms with Gasteiger partial charge < -0.3 is 10.2 Å². The summed E-state index contributed by atoms with van der Waals surface area (Å²) in [4.78, 5) is 13.0. The molecule has 1 atom stereocenters. The van der Waals surface area contributed by atoms with Gasteiger partial charge in [0.05, 0.1) is 5.54 Å². The summed E-state index contributed by atoms with van der Waals surface area (Å²) in [5.41, 5.74) is 0.179. The van der Waals surface area contributed by atoms with Gasteiger partial charge in [0, 0.05) is 13.1 Å². The number of likely N-dealkylation sites (tertiary alicyclic amines) is 1. The van der Waals surface area contributed by atoms with Gasteiger partial charge in [-0.2, -0.15) is 0 Å². The molecule has 2 saturated heterocycles. The minimum Gasteiger partial charge on any atom is -0.338 e. The zero-order valence-electron chi connectivity index (χ0n) is 8.09. The summed E-state index contributed by atoms with van der Waals surface area (Å²) < 4.78 is 0. The molecule has 3 heteroatoms. The fraction of sp³-hybridized carbons (Fsp3) is 0.900. The smallest absolute Gasteiger partial charge is 0.210 e. The van der Waals surface area contributed by atoms with E-state index in [9.17, 15) is 4.79 Å². The maximum Gasteiger partial charge on any atom is 0.210 e. The summed E-state index contributed by atoms with van der Waals surface area (Å²) in [5, 5.41) is 3.41. The number of nitrogens with one attached hydrogen (secondary N) is 1. The highest BCUT2D eigenvalue weighted by Crippen LogP contribution is 2.32. The van der Waals surface area contributed by atoms with Crippen molar-refractivity contribution in [3.8, 4) is 0 Å². The molecule has 0 aliphatic carbocycles. The first-order valence-corrected chi connectivity index (χ1v) is 5.30. The third kappa shape index (κ3) is 1.57. The molecule has 74 valence electrons. The Morgan fingerprint density at radius 2 is 2.08 bits per heavy atom. The van der Waals surface area contributed by atoms with Crippen LogP contribution in [0.15, 0.2) is 0 Å². The van der Waals surface area contributed by atoms with E-state index >= 15 is 0 Å². The van der Waals surface area contributed by atoms with Gasteiger partial charge in [0.15, 0.2) is 0 Å². The Hall–Kier alpha value is -0.570. The molecule has 3 nitrogen and oxygen atoms in total. The van der Waals surface area contributed by atoms with Crippen LogP contribution in [0.5, 0.6) is 0 Å². The molecule has 2 aliphatic rings. The monoisotopic (exact) mass is 182 g/mol. The molecule has 1 amide bonds. The van der Waals surface area contributed by atoms with Crippen LogP contribution in [0.3, 0.4) is 0 Å². The van der Waals surface area contributed by atoms with Crippen LogP contribution < -0.4 is 5.32 Å². The summed E-state index contributed by atoms with van der Waals surface area (Å²) in [7, 11) is 0. The molecule has 13 heavy (non-hydrogen) atoms. The lowest BCUT2D eigenvalue weighted by Crippen LogP contribution is -2.59. The topological polar surface area (TPSA) is 32.3 Å². The number of rotatable bonds is 1. The largest absolute Gasteiger partial charge is 0.338 e. The fourth-order valence-electron chi connectivity index (χ4n) is 2.69. The zero-order valence-corrected chi connectivity index (χ0v) is 8.09. The molecule has 0 radical (unpaired) electrons. The first-order chi connectivity index (χ1) is 6.37. The van der Waals surface area contributed by atoms with Gasteiger partial charge in [-0.3, -0.25) is 4.79 Å². The lowest BCUT2D eigenvalue weighted by molar-refractivity contribution is -0.127. The Bertz CT molecular complexity index is 179. The van der Waals surface area contributed by atoms with Crippen LogP contribution in [-0.2, 0) is 4.79 Å². The maximum atomic E-state index is 10.9. The summed E-state index contributed by atoms with van der Waals surface area (Å²) in [6.45, 7) is 3.09. The Kier molecular flexibility index (Phi) is 2.54. The van der Waals surface area contributed by atoms with Crippen molar-refractivity contribution in [1.82, 2.24) is 10.2 Å². The third-order valence-corrected chi connectivity index (χ3v) is 3.48. The van der Waals surface area contributed by atoms with E-state index in [1.54, 1.807) is 0 Å². The van der Waals surface area contributed by atoms with Crippen LogP contribution in [0, 0.1) is 0 Å². The second-order valence-corrected chi connectivity index (χ2v) is 4.26. The number of hydrogen-bond acceptors (Lipinski definition) is 2. The van der Waals surface area contributed by atoms with Crippen molar-refractivity contribution in [3.63, 3.8) is 0 Å². The normalized spacial score (nSPS) is 34.9. The molecule has 1 spiro atoms. The number of carbonyl (C=O) groups excluding carboxylic acids is 1. The molecular weight excluding hydrogens is 164 g/mol. The van der Waals surface area contributed by atoms with Gasteiger partial charge >= 0.3 is 0 Å². The van der Waals surface area contributed by atoms with Gasteiger partial charge in [-0.1, -0.05) is 0 Å². The molecule has 0 aromatic rings. The van der Waals surface area contributed by atoms with E-state index in [1.165, 1.54) is 32.1 Å². The predicted octanol–water partition coefficient (Wildman–Crippen LogP) is 0.751. The molecule has 1 N–H and O–H groups in total. The molecule has 2 rings (SSSR count). The average molecular weight is 182 g/mol. The summed E-state index contributed by atoms with van der Waals surface area (Å²) in [6, 6.07) is 0. The van der Waals surface area contributed by atoms with E-state index in [1.807, 2.05) is 4.90 Å². The number of piperidine rings is 2. The highest BCUT2D eigenvalue weighted by Gasteiger charge is 2.38. The van der Waals surface area contributed by atoms with Crippen LogP contribution >= 0.6 is 0 Å². The minimum atomic E-state index is 0.179. The summed E-state index contributed by atoms with van der Waals surface area (Å²) in [5.74, 6) is 0. The summed E-state index contributed by atoms with van der Waals surface area (Å²) >= 11 is 0. The van der Waals surface area contributed by atoms with E-state index in [0.717, 1.165) is 26.0 Å². The molecule has 2 aliphatic heterocycles. The molecule has 0 aromatic carbocycles. The van der Waals surface area contributed by atoms with Crippen LogP contribution in [-0.4, -0.2) is 36.5 Å². The van der Waals surface area contributed by atoms with Crippen LogP contribution in [0.4, 0.5) is 0 Å². The lowest BCUT2D eigenvalue weighted by Gasteiger charge is -2.48. The first kappa shape index (κ1) is 9.00. The Balaban J connectivity index is 2.10. The van der Waals surface area contributed by atoms with Crippen LogP contribution in [0.2, 0.25) is 0 Å². The second kappa shape index (κ2) is 3.66. The fourth-order valence-corrected chi connectivity index (χ4v) is 2.69. The molecule has 0 saturated carbocycles. The first-order valence-electron chi connectivity index (χ1n) is 5.30. The van der Waals surface area contributed by atoms with Crippen molar-refractivity contribution < 1.29 is 4.79 Å². The van der Waals surface area contributed by atoms with Gasteiger partial charge in [-0.25, -0.2) is 0 Å². The molecule has 2 heterocycles. The molecule has 2 fully saturated rings. The second-order valence-electron chi connectivity index (χ2n) is 4.26. The molecule has 0 aromatic heterocycles. The highest BCUT2D eigenvalue weighted by molar-refractivity contribution is 5.49. The Labute approximate surface area is 79.5 Å². The van der Waals surface area contributed by atoms with E-state index in [4.69, 9.17) is 0 Å². The Morgan fingerprint density at radius 1 is 1.23 bits per heavy atom. The van der Waals surface area contributed by atoms with Gasteiger partial charge in [0.1, 0.15) is 0 Å². The van der Waals surface area contributed by atoms with Gasteiger partial charge in [0.25, 0.3) is 0 Å². The van der Waals surface area contributed by atoms with E-state index in [2.05, 4.69) is 5.32 Å². The quantitative estimate of drug-likeness (QED) is 0.607. The van der Waals surface area contributed by atoms with Crippen molar-refractivity contribution in [2.24, 2.45) is 0 Å². The Morgan fingerprint density at radius 3 is 2.77 bits per heavy atom. The number of hydrogen-bond donors (Lipinski definition) is 1. The van der Waals surface area contributed by atoms with E-state index < -0.39 is 0 Å². The van der Waals surface area contributed by atoms with Crippen molar-refractivity contribution in [3.05, 3.63) is 0 Å². The van der Waals surface area contributed by atoms with Gasteiger partial charge in [-0.05, 0) is 38.6 Å². The standard InChI is InChI=1S/C10H18N2O/c13-9-12-7-2-1-4-10(12)5-3-6-11-8-10/h9,11H,1-8H2. The SMILES string of the molecule is O=CN1CCCCC12CCCNC2. The zero-order chi connectivity index (χ0) is 9.15. The molecule has 1 unspecified atom stereocenters. The average Bonchev–Trinajstić information content (AvgIpc) is 2.20. The molecular formula is C10H18N2O. The molecule has 0 bridgehead atoms. The number of nitrogens with zero attached hydrogens (tertiary/aromatic N) is 1. The predicted molar refractivity (Wildman–Crippen MR) is 51.5 cm³/mol. The minimum absolute atomic E-state index is 0.179. The van der Waals surface area contributed by atoms with Gasteiger partial charge in [-0.15, -0.1) is 0 Å². The van der Waals surface area contributed by atoms with Crippen molar-refractivity contribution in [2.45, 2.75) is 37.6 Å². The van der Waals surface area contributed by atoms with Crippen LogP contribution in [0.1, 0.15) is 32.1 Å². The lowest BCUT2D eigenvalue weighted by atomic mass is 9.81. The van der Waals surface area contributed by atoms with Crippen molar-refractivity contribution in [1.29, 1.82) is 0 Å². The summed E-state index contributed by atoms with van der Waals surface area (Å²) in [6.07, 6.45) is 7.11. The maximum absolute atomic E-state index is 10.9. The number of carbonyl (C=O) groups is 1.